The summed E-state index contributed by atoms with van der Waals surface area (Å²) in [6.07, 6.45) is 1.07. The lowest BCUT2D eigenvalue weighted by atomic mass is 9.94. The lowest BCUT2D eigenvalue weighted by molar-refractivity contribution is -0.144. The number of ether oxygens (including phenoxy) is 1. The van der Waals surface area contributed by atoms with Crippen molar-refractivity contribution in [2.75, 3.05) is 5.75 Å². The maximum Gasteiger partial charge on any atom is 0.408 e. The molecule has 0 spiro atoms. The fourth-order valence-electron chi connectivity index (χ4n) is 3.81. The SMILES string of the molecule is CCCC(C)NC(=O)C(c1cccc(C)c1C)N(C(=O)C(CS)NC(=O)OC(C)(C)C)C(C)C. The number of thiol groups is 1. The topological polar surface area (TPSA) is 87.7 Å². The first-order chi connectivity index (χ1) is 15.7. The summed E-state index contributed by atoms with van der Waals surface area (Å²) < 4.78 is 5.33. The van der Waals surface area contributed by atoms with Gasteiger partial charge in [0.2, 0.25) is 11.8 Å². The lowest BCUT2D eigenvalue weighted by Gasteiger charge is -2.38. The first-order valence-corrected chi connectivity index (χ1v) is 12.7. The van der Waals surface area contributed by atoms with Crippen LogP contribution in [0.25, 0.3) is 0 Å². The predicted molar refractivity (Wildman–Crippen MR) is 140 cm³/mol. The Bertz CT molecular complexity index is 851. The number of alkyl carbamates (subject to hydrolysis) is 1. The number of aryl methyl sites for hydroxylation is 1. The highest BCUT2D eigenvalue weighted by Crippen LogP contribution is 2.29. The highest BCUT2D eigenvalue weighted by Gasteiger charge is 2.38. The van der Waals surface area contributed by atoms with Gasteiger partial charge in [0.15, 0.2) is 0 Å². The van der Waals surface area contributed by atoms with Crippen LogP contribution >= 0.6 is 12.6 Å². The molecule has 192 valence electrons. The minimum atomic E-state index is -0.950. The molecule has 8 heteroatoms. The Morgan fingerprint density at radius 2 is 1.71 bits per heavy atom. The van der Waals surface area contributed by atoms with Crippen molar-refractivity contribution in [1.82, 2.24) is 15.5 Å². The molecule has 7 nitrogen and oxygen atoms in total. The molecule has 1 aromatic rings. The van der Waals surface area contributed by atoms with Crippen LogP contribution in [0.2, 0.25) is 0 Å². The Morgan fingerprint density at radius 1 is 1.09 bits per heavy atom. The third-order valence-corrected chi connectivity index (χ3v) is 5.93. The summed E-state index contributed by atoms with van der Waals surface area (Å²) in [5.41, 5.74) is 2.04. The molecule has 3 unspecified atom stereocenters. The second-order valence-electron chi connectivity index (χ2n) is 10.1. The molecule has 3 amide bonds. The van der Waals surface area contributed by atoms with Crippen molar-refractivity contribution in [1.29, 1.82) is 0 Å². The predicted octanol–water partition coefficient (Wildman–Crippen LogP) is 4.71. The highest BCUT2D eigenvalue weighted by atomic mass is 32.1. The van der Waals surface area contributed by atoms with E-state index in [1.807, 2.05) is 52.8 Å². The first-order valence-electron chi connectivity index (χ1n) is 12.0. The van der Waals surface area contributed by atoms with Crippen LogP contribution < -0.4 is 10.6 Å². The largest absolute Gasteiger partial charge is 0.444 e. The van der Waals surface area contributed by atoms with Gasteiger partial charge in [0.25, 0.3) is 0 Å². The van der Waals surface area contributed by atoms with Crippen LogP contribution in [0, 0.1) is 13.8 Å². The van der Waals surface area contributed by atoms with E-state index in [2.05, 4.69) is 30.2 Å². The Balaban J connectivity index is 3.45. The van der Waals surface area contributed by atoms with Crippen LogP contribution in [0.5, 0.6) is 0 Å². The minimum Gasteiger partial charge on any atom is -0.444 e. The molecule has 34 heavy (non-hydrogen) atoms. The Morgan fingerprint density at radius 3 is 2.21 bits per heavy atom. The Labute approximate surface area is 210 Å². The van der Waals surface area contributed by atoms with Crippen LogP contribution in [-0.4, -0.2) is 52.3 Å². The molecule has 0 aliphatic heterocycles. The van der Waals surface area contributed by atoms with Crippen molar-refractivity contribution in [2.24, 2.45) is 0 Å². The molecule has 1 rings (SSSR count). The summed E-state index contributed by atoms with van der Waals surface area (Å²) in [7, 11) is 0. The van der Waals surface area contributed by atoms with E-state index < -0.39 is 23.8 Å². The van der Waals surface area contributed by atoms with Gasteiger partial charge in [-0.05, 0) is 78.5 Å². The molecule has 1 aromatic carbocycles. The number of nitrogens with one attached hydrogen (secondary N) is 2. The monoisotopic (exact) mass is 493 g/mol. The van der Waals surface area contributed by atoms with Crippen LogP contribution in [0.1, 0.15) is 84.0 Å². The number of amides is 3. The van der Waals surface area contributed by atoms with Crippen molar-refractivity contribution in [3.05, 3.63) is 34.9 Å². The number of hydrogen-bond donors (Lipinski definition) is 3. The maximum atomic E-state index is 13.8. The van der Waals surface area contributed by atoms with Crippen molar-refractivity contribution >= 4 is 30.5 Å². The van der Waals surface area contributed by atoms with Crippen LogP contribution in [0.15, 0.2) is 18.2 Å². The molecular weight excluding hydrogens is 450 g/mol. The standard InChI is InChI=1S/C26H43N3O4S/c1-10-12-18(5)27-23(30)22(20-14-11-13-17(4)19(20)6)29(16(2)3)24(31)21(15-34)28-25(32)33-26(7,8)9/h11,13-14,16,18,21-22,34H,10,12,15H2,1-9H3,(H,27,30)(H,28,32). The van der Waals surface area contributed by atoms with Gasteiger partial charge in [-0.1, -0.05) is 31.5 Å². The molecule has 0 fully saturated rings. The molecule has 3 atom stereocenters. The molecule has 0 radical (unpaired) electrons. The number of nitrogens with zero attached hydrogens (tertiary/aromatic N) is 1. The smallest absolute Gasteiger partial charge is 0.408 e. The van der Waals surface area contributed by atoms with Gasteiger partial charge in [0.05, 0.1) is 0 Å². The Hall–Kier alpha value is -2.22. The summed E-state index contributed by atoms with van der Waals surface area (Å²) in [5, 5.41) is 5.71. The highest BCUT2D eigenvalue weighted by molar-refractivity contribution is 7.80. The third-order valence-electron chi connectivity index (χ3n) is 5.56. The van der Waals surface area contributed by atoms with Crippen molar-refractivity contribution < 1.29 is 19.1 Å². The quantitative estimate of drug-likeness (QED) is 0.412. The van der Waals surface area contributed by atoms with Gasteiger partial charge in [-0.25, -0.2) is 4.79 Å². The average molecular weight is 494 g/mol. The van der Waals surface area contributed by atoms with Gasteiger partial charge >= 0.3 is 6.09 Å². The van der Waals surface area contributed by atoms with E-state index in [4.69, 9.17) is 4.74 Å². The summed E-state index contributed by atoms with van der Waals surface area (Å²) >= 11 is 4.31. The number of hydrogen-bond acceptors (Lipinski definition) is 5. The second-order valence-corrected chi connectivity index (χ2v) is 10.5. The van der Waals surface area contributed by atoms with Gasteiger partial charge in [0, 0.05) is 17.8 Å². The van der Waals surface area contributed by atoms with Gasteiger partial charge in [0.1, 0.15) is 17.7 Å². The summed E-state index contributed by atoms with van der Waals surface area (Å²) in [5.74, 6) is -0.568. The Kier molecular flexibility index (Phi) is 11.4. The molecule has 0 aliphatic carbocycles. The average Bonchev–Trinajstić information content (AvgIpc) is 2.70. The minimum absolute atomic E-state index is 0.0326. The van der Waals surface area contributed by atoms with E-state index in [-0.39, 0.29) is 29.7 Å². The molecule has 0 bridgehead atoms. The van der Waals surface area contributed by atoms with Gasteiger partial charge in [-0.3, -0.25) is 9.59 Å². The first kappa shape index (κ1) is 29.8. The van der Waals surface area contributed by atoms with E-state index in [9.17, 15) is 14.4 Å². The van der Waals surface area contributed by atoms with Crippen molar-refractivity contribution in [3.8, 4) is 0 Å². The van der Waals surface area contributed by atoms with E-state index in [1.165, 1.54) is 0 Å². The van der Waals surface area contributed by atoms with Crippen molar-refractivity contribution in [2.45, 2.75) is 105 Å². The molecular formula is C26H43N3O4S. The maximum absolute atomic E-state index is 13.8. The fraction of sp³-hybridized carbons (Fsp3) is 0.654. The number of carbonyl (C=O) groups excluding carboxylic acids is 3. The van der Waals surface area contributed by atoms with Crippen LogP contribution in [0.3, 0.4) is 0 Å². The normalized spacial score (nSPS) is 14.2. The zero-order chi connectivity index (χ0) is 26.2. The van der Waals surface area contributed by atoms with Crippen LogP contribution in [-0.2, 0) is 14.3 Å². The lowest BCUT2D eigenvalue weighted by Crippen LogP contribution is -2.56. The summed E-state index contributed by atoms with van der Waals surface area (Å²) in [4.78, 5) is 41.3. The van der Waals surface area contributed by atoms with Crippen molar-refractivity contribution in [3.63, 3.8) is 0 Å². The molecule has 0 aromatic heterocycles. The summed E-state index contributed by atoms with van der Waals surface area (Å²) in [6.45, 7) is 16.9. The zero-order valence-electron chi connectivity index (χ0n) is 22.2. The third kappa shape index (κ3) is 8.53. The van der Waals surface area contributed by atoms with E-state index >= 15 is 0 Å². The summed E-state index contributed by atoms with van der Waals surface area (Å²) in [6, 6.07) is 3.61. The van der Waals surface area contributed by atoms with E-state index in [0.717, 1.165) is 29.5 Å². The number of carbonyl (C=O) groups is 3. The second kappa shape index (κ2) is 13.0. The van der Waals surface area contributed by atoms with Gasteiger partial charge in [-0.2, -0.15) is 12.6 Å². The molecule has 0 heterocycles. The van der Waals surface area contributed by atoms with Crippen LogP contribution in [0.4, 0.5) is 4.79 Å². The van der Waals surface area contributed by atoms with Gasteiger partial charge in [-0.15, -0.1) is 0 Å². The molecule has 0 saturated carbocycles. The van der Waals surface area contributed by atoms with E-state index in [1.54, 1.807) is 25.7 Å². The molecule has 2 N–H and O–H groups in total. The molecule has 0 saturated heterocycles. The fourth-order valence-corrected chi connectivity index (χ4v) is 4.06. The number of benzene rings is 1. The van der Waals surface area contributed by atoms with Gasteiger partial charge < -0.3 is 20.3 Å². The zero-order valence-corrected chi connectivity index (χ0v) is 23.1. The molecule has 0 aliphatic rings. The number of rotatable bonds is 10. The van der Waals surface area contributed by atoms with E-state index in [0.29, 0.717) is 0 Å².